The van der Waals surface area contributed by atoms with Crippen LogP contribution in [0, 0.1) is 0 Å². The second kappa shape index (κ2) is 7.04. The predicted molar refractivity (Wildman–Crippen MR) is 86.3 cm³/mol. The molecule has 0 radical (unpaired) electrons. The zero-order valence-electron chi connectivity index (χ0n) is 11.8. The molecule has 0 atom stereocenters. The lowest BCUT2D eigenvalue weighted by Crippen LogP contribution is -2.25. The lowest BCUT2D eigenvalue weighted by molar-refractivity contribution is -0.115. The Morgan fingerprint density at radius 1 is 1.23 bits per heavy atom. The Bertz CT molecular complexity index is 689. The van der Waals surface area contributed by atoms with E-state index in [1.807, 2.05) is 18.2 Å². The van der Waals surface area contributed by atoms with Crippen LogP contribution in [0.2, 0.25) is 0 Å². The fourth-order valence-electron chi connectivity index (χ4n) is 2.36. The van der Waals surface area contributed by atoms with Gasteiger partial charge in [-0.25, -0.2) is 0 Å². The topological polar surface area (TPSA) is 71.1 Å². The van der Waals surface area contributed by atoms with Crippen LogP contribution in [0.3, 0.4) is 0 Å². The first-order chi connectivity index (χ1) is 10.2. The number of benzene rings is 1. The molecule has 1 aliphatic heterocycles. The largest absolute Gasteiger partial charge is 0.352 e. The van der Waals surface area contributed by atoms with E-state index in [1.165, 1.54) is 0 Å². The van der Waals surface area contributed by atoms with Gasteiger partial charge in [0, 0.05) is 30.2 Å². The molecule has 0 aliphatic carbocycles. The molecule has 0 bridgehead atoms. The summed E-state index contributed by atoms with van der Waals surface area (Å²) in [6, 6.07) is 9.28. The van der Waals surface area contributed by atoms with Gasteiger partial charge >= 0.3 is 0 Å². The lowest BCUT2D eigenvalue weighted by atomic mass is 10.1. The van der Waals surface area contributed by atoms with E-state index >= 15 is 0 Å². The van der Waals surface area contributed by atoms with Gasteiger partial charge in [-0.1, -0.05) is 12.1 Å². The number of amides is 2. The van der Waals surface area contributed by atoms with E-state index in [2.05, 4.69) is 15.6 Å². The Morgan fingerprint density at radius 2 is 2.00 bits per heavy atom. The van der Waals surface area contributed by atoms with Crippen molar-refractivity contribution in [2.75, 3.05) is 11.9 Å². The third kappa shape index (κ3) is 3.62. The maximum absolute atomic E-state index is 11.9. The molecule has 5 nitrogen and oxygen atoms in total. The van der Waals surface area contributed by atoms with Crippen molar-refractivity contribution in [2.45, 2.75) is 12.8 Å². The van der Waals surface area contributed by atoms with Crippen LogP contribution in [0.15, 0.2) is 42.7 Å². The van der Waals surface area contributed by atoms with Crippen LogP contribution >= 0.6 is 12.4 Å². The number of carbonyl (C=O) groups excluding carboxylic acids is 2. The molecule has 0 spiro atoms. The van der Waals surface area contributed by atoms with Crippen LogP contribution in [-0.4, -0.2) is 23.3 Å². The molecule has 2 heterocycles. The highest BCUT2D eigenvalue weighted by Crippen LogP contribution is 2.23. The molecule has 114 valence electrons. The van der Waals surface area contributed by atoms with Crippen LogP contribution in [-0.2, 0) is 17.6 Å². The van der Waals surface area contributed by atoms with Gasteiger partial charge in [0.05, 0.1) is 6.42 Å². The summed E-state index contributed by atoms with van der Waals surface area (Å²) in [5.41, 5.74) is 3.64. The summed E-state index contributed by atoms with van der Waals surface area (Å²) in [6.07, 6.45) is 4.36. The first kappa shape index (κ1) is 16.0. The number of anilines is 1. The summed E-state index contributed by atoms with van der Waals surface area (Å²) in [5.74, 6) is -0.0662. The predicted octanol–water partition coefficient (Wildman–Crippen LogP) is 1.97. The normalized spacial score (nSPS) is 12.1. The quantitative estimate of drug-likeness (QED) is 0.905. The van der Waals surface area contributed by atoms with Gasteiger partial charge in [0.1, 0.15) is 0 Å². The fraction of sp³-hybridized carbons (Fsp3) is 0.188. The third-order valence-corrected chi connectivity index (χ3v) is 3.44. The molecule has 3 rings (SSSR count). The zero-order chi connectivity index (χ0) is 14.7. The maximum atomic E-state index is 11.9. The van der Waals surface area contributed by atoms with Crippen LogP contribution < -0.4 is 10.6 Å². The molecule has 2 N–H and O–H groups in total. The number of halogens is 1. The number of hydrogen-bond donors (Lipinski definition) is 2. The number of fused-ring (bicyclic) bond motifs is 1. The summed E-state index contributed by atoms with van der Waals surface area (Å²) in [6.45, 7) is 0.557. The van der Waals surface area contributed by atoms with Crippen molar-refractivity contribution in [3.05, 3.63) is 59.4 Å². The molecule has 1 aromatic heterocycles. The number of carbonyl (C=O) groups is 2. The molecule has 0 saturated carbocycles. The standard InChI is InChI=1S/C16H15N3O2.ClH/c20-15-10-13-9-11(1-2-14(13)19-15)3-8-18-16(21)12-4-6-17-7-5-12;/h1-2,4-7,9H,3,8,10H2,(H,18,21)(H,19,20);1H. The fourth-order valence-corrected chi connectivity index (χ4v) is 2.36. The molecule has 1 aromatic carbocycles. The highest BCUT2D eigenvalue weighted by atomic mass is 35.5. The molecule has 0 fully saturated rings. The first-order valence-corrected chi connectivity index (χ1v) is 6.82. The van der Waals surface area contributed by atoms with Crippen molar-refractivity contribution in [3.8, 4) is 0 Å². The minimum atomic E-state index is -0.101. The highest BCUT2D eigenvalue weighted by Gasteiger charge is 2.17. The minimum Gasteiger partial charge on any atom is -0.352 e. The van der Waals surface area contributed by atoms with Crippen LogP contribution in [0.1, 0.15) is 21.5 Å². The Morgan fingerprint density at radius 3 is 2.77 bits per heavy atom. The van der Waals surface area contributed by atoms with Crippen LogP contribution in [0.25, 0.3) is 0 Å². The van der Waals surface area contributed by atoms with E-state index in [4.69, 9.17) is 0 Å². The van der Waals surface area contributed by atoms with E-state index in [-0.39, 0.29) is 24.2 Å². The number of rotatable bonds is 4. The molecular weight excluding hydrogens is 302 g/mol. The van der Waals surface area contributed by atoms with Crippen molar-refractivity contribution in [1.82, 2.24) is 10.3 Å². The van der Waals surface area contributed by atoms with Crippen LogP contribution in [0.4, 0.5) is 5.69 Å². The Kier molecular flexibility index (Phi) is 5.12. The number of nitrogens with zero attached hydrogens (tertiary/aromatic N) is 1. The summed E-state index contributed by atoms with van der Waals surface area (Å²) < 4.78 is 0. The average molecular weight is 318 g/mol. The smallest absolute Gasteiger partial charge is 0.251 e. The summed E-state index contributed by atoms with van der Waals surface area (Å²) in [4.78, 5) is 27.1. The molecule has 22 heavy (non-hydrogen) atoms. The average Bonchev–Trinajstić information content (AvgIpc) is 2.87. The van der Waals surface area contributed by atoms with E-state index in [9.17, 15) is 9.59 Å². The minimum absolute atomic E-state index is 0. The van der Waals surface area contributed by atoms with Gasteiger partial charge in [0.2, 0.25) is 5.91 Å². The molecule has 6 heteroatoms. The first-order valence-electron chi connectivity index (χ1n) is 6.82. The van der Waals surface area contributed by atoms with Crippen molar-refractivity contribution in [2.24, 2.45) is 0 Å². The summed E-state index contributed by atoms with van der Waals surface area (Å²) >= 11 is 0. The lowest BCUT2D eigenvalue weighted by Gasteiger charge is -2.06. The molecule has 0 saturated heterocycles. The van der Waals surface area contributed by atoms with Gasteiger partial charge in [-0.2, -0.15) is 0 Å². The summed E-state index contributed by atoms with van der Waals surface area (Å²) in [7, 11) is 0. The summed E-state index contributed by atoms with van der Waals surface area (Å²) in [5, 5.41) is 5.68. The third-order valence-electron chi connectivity index (χ3n) is 3.44. The van der Waals surface area contributed by atoms with Gasteiger partial charge in [0.25, 0.3) is 5.91 Å². The van der Waals surface area contributed by atoms with Gasteiger partial charge in [-0.05, 0) is 35.7 Å². The van der Waals surface area contributed by atoms with E-state index < -0.39 is 0 Å². The Balaban J connectivity index is 0.00000176. The van der Waals surface area contributed by atoms with Crippen molar-refractivity contribution < 1.29 is 9.59 Å². The number of aromatic nitrogens is 1. The van der Waals surface area contributed by atoms with Gasteiger partial charge in [-0.15, -0.1) is 12.4 Å². The molecule has 1 aliphatic rings. The zero-order valence-corrected chi connectivity index (χ0v) is 12.7. The molecular formula is C16H16ClN3O2. The molecule has 2 aromatic rings. The maximum Gasteiger partial charge on any atom is 0.251 e. The number of nitrogens with one attached hydrogen (secondary N) is 2. The highest BCUT2D eigenvalue weighted by molar-refractivity contribution is 5.99. The number of pyridine rings is 1. The van der Waals surface area contributed by atoms with E-state index in [0.717, 1.165) is 23.2 Å². The van der Waals surface area contributed by atoms with Crippen molar-refractivity contribution in [3.63, 3.8) is 0 Å². The van der Waals surface area contributed by atoms with Gasteiger partial charge < -0.3 is 10.6 Å². The van der Waals surface area contributed by atoms with Crippen LogP contribution in [0.5, 0.6) is 0 Å². The van der Waals surface area contributed by atoms with Crippen molar-refractivity contribution >= 4 is 29.9 Å². The molecule has 2 amide bonds. The Hall–Kier alpha value is -2.40. The second-order valence-electron chi connectivity index (χ2n) is 4.96. The van der Waals surface area contributed by atoms with Gasteiger partial charge in [-0.3, -0.25) is 14.6 Å². The molecule has 0 unspecified atom stereocenters. The van der Waals surface area contributed by atoms with Gasteiger partial charge in [0.15, 0.2) is 0 Å². The van der Waals surface area contributed by atoms with Crippen molar-refractivity contribution in [1.29, 1.82) is 0 Å². The second-order valence-corrected chi connectivity index (χ2v) is 4.96. The monoisotopic (exact) mass is 317 g/mol. The van der Waals surface area contributed by atoms with E-state index in [1.54, 1.807) is 24.5 Å². The SMILES string of the molecule is Cl.O=C1Cc2cc(CCNC(=O)c3ccncc3)ccc2N1. The Labute approximate surface area is 134 Å². The number of hydrogen-bond acceptors (Lipinski definition) is 3. The van der Waals surface area contributed by atoms with E-state index in [0.29, 0.717) is 18.5 Å².